The van der Waals surface area contributed by atoms with E-state index in [0.717, 1.165) is 5.56 Å². The molecule has 0 bridgehead atoms. The van der Waals surface area contributed by atoms with Crippen molar-refractivity contribution in [3.8, 4) is 11.1 Å². The van der Waals surface area contributed by atoms with Gasteiger partial charge in [-0.25, -0.2) is 0 Å². The van der Waals surface area contributed by atoms with Crippen LogP contribution in [0.3, 0.4) is 0 Å². The van der Waals surface area contributed by atoms with Gasteiger partial charge in [0.25, 0.3) is 11.2 Å². The highest BCUT2D eigenvalue weighted by molar-refractivity contribution is 7.99. The lowest BCUT2D eigenvalue weighted by molar-refractivity contribution is -0.384. The summed E-state index contributed by atoms with van der Waals surface area (Å²) in [6.45, 7) is -0.0642. The van der Waals surface area contributed by atoms with Gasteiger partial charge in [0.15, 0.2) is 0 Å². The van der Waals surface area contributed by atoms with Gasteiger partial charge in [-0.05, 0) is 11.6 Å². The van der Waals surface area contributed by atoms with Crippen LogP contribution in [-0.4, -0.2) is 27.4 Å². The molecule has 0 fully saturated rings. The fourth-order valence-electron chi connectivity index (χ4n) is 2.55. The molecule has 1 heterocycles. The van der Waals surface area contributed by atoms with E-state index in [1.807, 2.05) is 30.3 Å². The Labute approximate surface area is 141 Å². The number of pyridine rings is 1. The third-order valence-electron chi connectivity index (χ3n) is 3.56. The molecule has 0 saturated heterocycles. The van der Waals surface area contributed by atoms with E-state index < -0.39 is 4.92 Å². The lowest BCUT2D eigenvalue weighted by Crippen LogP contribution is -2.11. The SMILES string of the molecule is O=c1[nH]c2ccc([N+](=O)[O-])cc2c(-c2ccccc2)c1SCCO. The van der Waals surface area contributed by atoms with E-state index in [1.165, 1.54) is 23.9 Å². The van der Waals surface area contributed by atoms with Crippen molar-refractivity contribution in [3.05, 3.63) is 69.0 Å². The second-order valence-corrected chi connectivity index (χ2v) is 6.19. The fourth-order valence-corrected chi connectivity index (χ4v) is 3.40. The molecule has 0 aliphatic carbocycles. The zero-order valence-corrected chi connectivity index (χ0v) is 13.4. The first kappa shape index (κ1) is 16.2. The van der Waals surface area contributed by atoms with E-state index in [4.69, 9.17) is 5.11 Å². The van der Waals surface area contributed by atoms with Crippen LogP contribution in [0.25, 0.3) is 22.0 Å². The summed E-state index contributed by atoms with van der Waals surface area (Å²) in [6.07, 6.45) is 0. The number of rotatable bonds is 5. The predicted molar refractivity (Wildman–Crippen MR) is 94.5 cm³/mol. The van der Waals surface area contributed by atoms with Crippen molar-refractivity contribution in [3.63, 3.8) is 0 Å². The predicted octanol–water partition coefficient (Wildman–Crippen LogP) is 3.19. The quantitative estimate of drug-likeness (QED) is 0.422. The molecule has 0 amide bonds. The number of nitro groups is 1. The maximum atomic E-state index is 12.5. The van der Waals surface area contributed by atoms with Gasteiger partial charge in [0.05, 0.1) is 16.4 Å². The summed E-state index contributed by atoms with van der Waals surface area (Å²) >= 11 is 1.23. The summed E-state index contributed by atoms with van der Waals surface area (Å²) < 4.78 is 0. The molecule has 0 spiro atoms. The highest BCUT2D eigenvalue weighted by Gasteiger charge is 2.17. The normalized spacial score (nSPS) is 10.9. The Morgan fingerprint density at radius 3 is 2.58 bits per heavy atom. The van der Waals surface area contributed by atoms with Crippen molar-refractivity contribution in [2.24, 2.45) is 0 Å². The molecule has 6 nitrogen and oxygen atoms in total. The first-order chi connectivity index (χ1) is 11.6. The highest BCUT2D eigenvalue weighted by atomic mass is 32.2. The van der Waals surface area contributed by atoms with Gasteiger partial charge >= 0.3 is 0 Å². The van der Waals surface area contributed by atoms with Gasteiger partial charge in [-0.3, -0.25) is 14.9 Å². The Kier molecular flexibility index (Phi) is 4.64. The molecule has 0 radical (unpaired) electrons. The van der Waals surface area contributed by atoms with Crippen LogP contribution in [0, 0.1) is 10.1 Å². The number of aromatic amines is 1. The summed E-state index contributed by atoms with van der Waals surface area (Å²) in [5.41, 5.74) is 1.68. The molecule has 3 rings (SSSR count). The third-order valence-corrected chi connectivity index (χ3v) is 4.63. The van der Waals surface area contributed by atoms with E-state index in [2.05, 4.69) is 4.98 Å². The molecule has 0 aliphatic heterocycles. The number of nitrogens with zero attached hydrogens (tertiary/aromatic N) is 1. The molecule has 1 aromatic heterocycles. The molecule has 7 heteroatoms. The van der Waals surface area contributed by atoms with Gasteiger partial charge in [0.2, 0.25) is 0 Å². The highest BCUT2D eigenvalue weighted by Crippen LogP contribution is 2.35. The second-order valence-electron chi connectivity index (χ2n) is 5.08. The number of aliphatic hydroxyl groups excluding tert-OH is 1. The minimum Gasteiger partial charge on any atom is -0.396 e. The molecule has 0 atom stereocenters. The molecule has 24 heavy (non-hydrogen) atoms. The first-order valence-electron chi connectivity index (χ1n) is 7.25. The maximum Gasteiger partial charge on any atom is 0.270 e. The minimum atomic E-state index is -0.458. The molecular weight excluding hydrogens is 328 g/mol. The van der Waals surface area contributed by atoms with Crippen molar-refractivity contribution < 1.29 is 10.0 Å². The molecule has 0 unspecified atom stereocenters. The molecular formula is C17H14N2O4S. The van der Waals surface area contributed by atoms with Crippen LogP contribution in [0.2, 0.25) is 0 Å². The van der Waals surface area contributed by atoms with Crippen LogP contribution in [0.4, 0.5) is 5.69 Å². The van der Waals surface area contributed by atoms with Gasteiger partial charge in [0.1, 0.15) is 0 Å². The lowest BCUT2D eigenvalue weighted by Gasteiger charge is -2.12. The smallest absolute Gasteiger partial charge is 0.270 e. The number of thioether (sulfide) groups is 1. The van der Waals surface area contributed by atoms with Gasteiger partial charge in [-0.1, -0.05) is 30.3 Å². The average Bonchev–Trinajstić information content (AvgIpc) is 2.59. The van der Waals surface area contributed by atoms with Crippen molar-refractivity contribution in [2.45, 2.75) is 4.90 Å². The van der Waals surface area contributed by atoms with Gasteiger partial charge in [-0.2, -0.15) is 0 Å². The van der Waals surface area contributed by atoms with E-state index in [0.29, 0.717) is 27.1 Å². The van der Waals surface area contributed by atoms with Crippen molar-refractivity contribution >= 4 is 28.4 Å². The zero-order valence-electron chi connectivity index (χ0n) is 12.6. The Morgan fingerprint density at radius 2 is 1.92 bits per heavy atom. The number of fused-ring (bicyclic) bond motifs is 1. The van der Waals surface area contributed by atoms with Crippen LogP contribution in [0.15, 0.2) is 58.2 Å². The summed E-state index contributed by atoms with van der Waals surface area (Å²) in [6, 6.07) is 13.7. The van der Waals surface area contributed by atoms with E-state index in [1.54, 1.807) is 6.07 Å². The van der Waals surface area contributed by atoms with Gasteiger partial charge in [0, 0.05) is 34.4 Å². The molecule has 0 aliphatic rings. The molecule has 0 saturated carbocycles. The van der Waals surface area contributed by atoms with Gasteiger partial charge < -0.3 is 10.1 Å². The second kappa shape index (κ2) is 6.86. The van der Waals surface area contributed by atoms with E-state index in [9.17, 15) is 14.9 Å². The van der Waals surface area contributed by atoms with Crippen molar-refractivity contribution in [1.82, 2.24) is 4.98 Å². The zero-order chi connectivity index (χ0) is 17.1. The Balaban J connectivity index is 2.37. The Hall–Kier alpha value is -2.64. The minimum absolute atomic E-state index is 0.0372. The topological polar surface area (TPSA) is 96.2 Å². The fraction of sp³-hybridized carbons (Fsp3) is 0.118. The average molecular weight is 342 g/mol. The largest absolute Gasteiger partial charge is 0.396 e. The van der Waals surface area contributed by atoms with E-state index in [-0.39, 0.29) is 17.9 Å². The number of nitrogens with one attached hydrogen (secondary N) is 1. The van der Waals surface area contributed by atoms with Crippen LogP contribution in [-0.2, 0) is 0 Å². The van der Waals surface area contributed by atoms with Crippen LogP contribution < -0.4 is 5.56 Å². The standard InChI is InChI=1S/C17H14N2O4S/c20-8-9-24-16-15(11-4-2-1-3-5-11)13-10-12(19(22)23)6-7-14(13)18-17(16)21/h1-7,10,20H,8-9H2,(H,18,21). The number of benzene rings is 2. The maximum absolute atomic E-state index is 12.5. The molecule has 2 aromatic carbocycles. The number of nitro benzene ring substituents is 1. The van der Waals surface area contributed by atoms with Crippen LogP contribution >= 0.6 is 11.8 Å². The first-order valence-corrected chi connectivity index (χ1v) is 8.24. The molecule has 2 N–H and O–H groups in total. The van der Waals surface area contributed by atoms with Crippen LogP contribution in [0.5, 0.6) is 0 Å². The van der Waals surface area contributed by atoms with E-state index >= 15 is 0 Å². The third kappa shape index (κ3) is 3.04. The summed E-state index contributed by atoms with van der Waals surface area (Å²) in [5, 5.41) is 20.8. The summed E-state index contributed by atoms with van der Waals surface area (Å²) in [5.74, 6) is 0.364. The van der Waals surface area contributed by atoms with Crippen molar-refractivity contribution in [2.75, 3.05) is 12.4 Å². The van der Waals surface area contributed by atoms with Crippen LogP contribution in [0.1, 0.15) is 0 Å². The molecule has 122 valence electrons. The Bertz CT molecular complexity index is 954. The number of hydrogen-bond donors (Lipinski definition) is 2. The summed E-state index contributed by atoms with van der Waals surface area (Å²) in [4.78, 5) is 26.3. The monoisotopic (exact) mass is 342 g/mol. The van der Waals surface area contributed by atoms with Crippen molar-refractivity contribution in [1.29, 1.82) is 0 Å². The number of hydrogen-bond acceptors (Lipinski definition) is 5. The van der Waals surface area contributed by atoms with Gasteiger partial charge in [-0.15, -0.1) is 11.8 Å². The number of aliphatic hydroxyl groups is 1. The lowest BCUT2D eigenvalue weighted by atomic mass is 10.0. The Morgan fingerprint density at radius 1 is 1.17 bits per heavy atom. The number of non-ortho nitro benzene ring substituents is 1. The number of H-pyrrole nitrogens is 1. The number of aromatic nitrogens is 1. The molecule has 3 aromatic rings. The summed E-state index contributed by atoms with van der Waals surface area (Å²) in [7, 11) is 0.